The molecule has 8 nitrogen and oxygen atoms in total. The van der Waals surface area contributed by atoms with Crippen molar-refractivity contribution in [3.63, 3.8) is 0 Å². The molecule has 2 aromatic heterocycles. The second-order valence-corrected chi connectivity index (χ2v) is 6.81. The number of methoxy groups -OCH3 is 1. The highest BCUT2D eigenvalue weighted by molar-refractivity contribution is 5.73. The number of hydrogen-bond acceptors (Lipinski definition) is 5. The summed E-state index contributed by atoms with van der Waals surface area (Å²) >= 11 is 0. The summed E-state index contributed by atoms with van der Waals surface area (Å²) in [6, 6.07) is 11.5. The predicted molar refractivity (Wildman–Crippen MR) is 111 cm³/mol. The number of carbonyl (C=O) groups excluding carboxylic acids is 1. The molecular formula is C21H26N6O2. The fourth-order valence-corrected chi connectivity index (χ4v) is 2.99. The van der Waals surface area contributed by atoms with Crippen molar-refractivity contribution < 1.29 is 9.53 Å². The topological polar surface area (TPSA) is 84.3 Å². The van der Waals surface area contributed by atoms with E-state index >= 15 is 0 Å². The van der Waals surface area contributed by atoms with Crippen LogP contribution in [0, 0.1) is 0 Å². The number of nitrogens with one attached hydrogen (secondary N) is 2. The summed E-state index contributed by atoms with van der Waals surface area (Å²) in [5.74, 6) is 1.55. The number of ether oxygens (including phenoxy) is 1. The summed E-state index contributed by atoms with van der Waals surface area (Å²) in [5, 5.41) is 5.84. The summed E-state index contributed by atoms with van der Waals surface area (Å²) in [6.45, 7) is 0.879. The highest BCUT2D eigenvalue weighted by Gasteiger charge is 2.16. The predicted octanol–water partition coefficient (Wildman–Crippen LogP) is 2.38. The number of likely N-dealkylation sites (N-methyl/N-ethyl adjacent to an activating group) is 1. The maximum absolute atomic E-state index is 12.3. The molecule has 0 saturated heterocycles. The van der Waals surface area contributed by atoms with Crippen LogP contribution in [0.25, 0.3) is 5.82 Å². The zero-order valence-corrected chi connectivity index (χ0v) is 16.9. The molecule has 152 valence electrons. The van der Waals surface area contributed by atoms with Crippen molar-refractivity contribution >= 4 is 6.03 Å². The Labute approximate surface area is 170 Å². The van der Waals surface area contributed by atoms with E-state index in [1.54, 1.807) is 25.8 Å². The third-order valence-corrected chi connectivity index (χ3v) is 4.59. The summed E-state index contributed by atoms with van der Waals surface area (Å²) in [6.07, 6.45) is 6.93. The first-order chi connectivity index (χ1) is 14.1. The summed E-state index contributed by atoms with van der Waals surface area (Å²) < 4.78 is 7.12. The molecule has 0 aliphatic heterocycles. The quantitative estimate of drug-likeness (QED) is 0.613. The fraction of sp³-hybridized carbons (Fsp3) is 0.286. The van der Waals surface area contributed by atoms with Crippen molar-refractivity contribution in [2.75, 3.05) is 27.7 Å². The number of rotatable bonds is 8. The lowest BCUT2D eigenvalue weighted by atomic mass is 10.1. The number of nitrogens with zero attached hydrogens (tertiary/aromatic N) is 4. The number of amides is 2. The normalized spacial score (nSPS) is 11.9. The van der Waals surface area contributed by atoms with Crippen LogP contribution < -0.4 is 15.4 Å². The number of hydrogen-bond donors (Lipinski definition) is 2. The third-order valence-electron chi connectivity index (χ3n) is 4.59. The molecule has 3 rings (SSSR count). The Morgan fingerprint density at radius 2 is 2.07 bits per heavy atom. The average Bonchev–Trinajstić information content (AvgIpc) is 3.27. The van der Waals surface area contributed by atoms with Gasteiger partial charge in [-0.1, -0.05) is 12.1 Å². The van der Waals surface area contributed by atoms with Crippen molar-refractivity contribution in [1.29, 1.82) is 0 Å². The summed E-state index contributed by atoms with van der Waals surface area (Å²) in [4.78, 5) is 22.7. The van der Waals surface area contributed by atoms with Gasteiger partial charge in [0.25, 0.3) is 0 Å². The van der Waals surface area contributed by atoms with Crippen LogP contribution in [0.15, 0.2) is 61.3 Å². The molecule has 0 radical (unpaired) electrons. The molecule has 1 aromatic carbocycles. The average molecular weight is 394 g/mol. The van der Waals surface area contributed by atoms with Crippen LogP contribution in [-0.4, -0.2) is 53.2 Å². The SMILES string of the molecule is COc1cccc(C(CNC(=O)NCc2ccnc(-n3ccnc3)c2)N(C)C)c1. The van der Waals surface area contributed by atoms with E-state index in [2.05, 4.69) is 25.5 Å². The maximum atomic E-state index is 12.3. The first-order valence-corrected chi connectivity index (χ1v) is 9.32. The molecule has 0 saturated carbocycles. The number of pyridine rings is 1. The molecule has 3 aromatic rings. The maximum Gasteiger partial charge on any atom is 0.315 e. The molecule has 1 atom stereocenters. The lowest BCUT2D eigenvalue weighted by Crippen LogP contribution is -2.40. The minimum absolute atomic E-state index is 0.0321. The Hall–Kier alpha value is -3.39. The van der Waals surface area contributed by atoms with Gasteiger partial charge >= 0.3 is 6.03 Å². The van der Waals surface area contributed by atoms with Crippen LogP contribution >= 0.6 is 0 Å². The second-order valence-electron chi connectivity index (χ2n) is 6.81. The van der Waals surface area contributed by atoms with E-state index in [1.807, 2.05) is 61.3 Å². The van der Waals surface area contributed by atoms with Crippen molar-refractivity contribution in [1.82, 2.24) is 30.1 Å². The molecule has 2 heterocycles. The number of carbonyl (C=O) groups is 1. The molecular weight excluding hydrogens is 368 g/mol. The van der Waals surface area contributed by atoms with E-state index < -0.39 is 0 Å². The molecule has 2 amide bonds. The number of aromatic nitrogens is 3. The molecule has 0 aliphatic carbocycles. The zero-order valence-electron chi connectivity index (χ0n) is 16.9. The van der Waals surface area contributed by atoms with Gasteiger partial charge in [0.1, 0.15) is 17.9 Å². The fourth-order valence-electron chi connectivity index (χ4n) is 2.99. The molecule has 0 spiro atoms. The number of benzene rings is 1. The van der Waals surface area contributed by atoms with E-state index in [0.717, 1.165) is 22.7 Å². The van der Waals surface area contributed by atoms with E-state index in [0.29, 0.717) is 13.1 Å². The van der Waals surface area contributed by atoms with Crippen molar-refractivity contribution in [3.8, 4) is 11.6 Å². The van der Waals surface area contributed by atoms with Crippen molar-refractivity contribution in [2.45, 2.75) is 12.6 Å². The Bertz CT molecular complexity index is 926. The highest BCUT2D eigenvalue weighted by atomic mass is 16.5. The van der Waals surface area contributed by atoms with Crippen molar-refractivity contribution in [2.24, 2.45) is 0 Å². The molecule has 2 N–H and O–H groups in total. The molecule has 0 fully saturated rings. The first-order valence-electron chi connectivity index (χ1n) is 9.32. The Kier molecular flexibility index (Phi) is 6.80. The third kappa shape index (κ3) is 5.55. The lowest BCUT2D eigenvalue weighted by molar-refractivity contribution is 0.232. The largest absolute Gasteiger partial charge is 0.497 e. The number of urea groups is 1. The molecule has 8 heteroatoms. The van der Waals surface area contributed by atoms with E-state index in [9.17, 15) is 4.79 Å². The lowest BCUT2D eigenvalue weighted by Gasteiger charge is -2.25. The number of imidazole rings is 1. The zero-order chi connectivity index (χ0) is 20.6. The van der Waals surface area contributed by atoms with Gasteiger partial charge in [-0.15, -0.1) is 0 Å². The van der Waals surface area contributed by atoms with E-state index in [-0.39, 0.29) is 12.1 Å². The van der Waals surface area contributed by atoms with Gasteiger partial charge in [0.15, 0.2) is 0 Å². The minimum Gasteiger partial charge on any atom is -0.497 e. The monoisotopic (exact) mass is 394 g/mol. The van der Waals surface area contributed by atoms with Gasteiger partial charge < -0.3 is 20.3 Å². The van der Waals surface area contributed by atoms with E-state index in [4.69, 9.17) is 4.74 Å². The molecule has 1 unspecified atom stereocenters. The van der Waals surface area contributed by atoms with Gasteiger partial charge in [0.05, 0.1) is 13.2 Å². The van der Waals surface area contributed by atoms with Gasteiger partial charge in [0.2, 0.25) is 0 Å². The van der Waals surface area contributed by atoms with Gasteiger partial charge in [-0.3, -0.25) is 4.57 Å². The smallest absolute Gasteiger partial charge is 0.315 e. The second kappa shape index (κ2) is 9.70. The van der Waals surface area contributed by atoms with Gasteiger partial charge in [0, 0.05) is 31.7 Å². The minimum atomic E-state index is -0.222. The van der Waals surface area contributed by atoms with Gasteiger partial charge in [-0.25, -0.2) is 14.8 Å². The van der Waals surface area contributed by atoms with Crippen LogP contribution in [0.3, 0.4) is 0 Å². The Morgan fingerprint density at radius 1 is 1.21 bits per heavy atom. The van der Waals surface area contributed by atoms with Gasteiger partial charge in [-0.05, 0) is 49.5 Å². The van der Waals surface area contributed by atoms with Crippen LogP contribution in [0.4, 0.5) is 4.79 Å². The Balaban J connectivity index is 1.55. The van der Waals surface area contributed by atoms with Crippen LogP contribution in [0.5, 0.6) is 5.75 Å². The standard InChI is InChI=1S/C21H26N6O2/c1-26(2)19(17-5-4-6-18(12-17)29-3)14-25-21(28)24-13-16-7-8-23-20(11-16)27-10-9-22-15-27/h4-12,15,19H,13-14H2,1-3H3,(H2,24,25,28). The Morgan fingerprint density at radius 3 is 2.79 bits per heavy atom. The summed E-state index contributed by atoms with van der Waals surface area (Å²) in [5.41, 5.74) is 2.03. The molecule has 29 heavy (non-hydrogen) atoms. The molecule has 0 aliphatic rings. The molecule has 0 bridgehead atoms. The van der Waals surface area contributed by atoms with Crippen LogP contribution in [0.2, 0.25) is 0 Å². The van der Waals surface area contributed by atoms with Crippen LogP contribution in [-0.2, 0) is 6.54 Å². The van der Waals surface area contributed by atoms with Crippen LogP contribution in [0.1, 0.15) is 17.2 Å². The van der Waals surface area contributed by atoms with E-state index in [1.165, 1.54) is 0 Å². The first kappa shape index (κ1) is 20.3. The summed E-state index contributed by atoms with van der Waals surface area (Å²) in [7, 11) is 5.61. The van der Waals surface area contributed by atoms with Crippen molar-refractivity contribution in [3.05, 3.63) is 72.4 Å². The highest BCUT2D eigenvalue weighted by Crippen LogP contribution is 2.22. The van der Waals surface area contributed by atoms with Gasteiger partial charge in [-0.2, -0.15) is 0 Å².